The number of rotatable bonds is 4. The van der Waals surface area contributed by atoms with Crippen molar-refractivity contribution in [1.29, 1.82) is 0 Å². The second-order valence-electron chi connectivity index (χ2n) is 7.51. The maximum atomic E-state index is 13.0. The molecule has 154 valence electrons. The molecule has 1 aromatic heterocycles. The predicted octanol–water partition coefficient (Wildman–Crippen LogP) is 3.44. The van der Waals surface area contributed by atoms with Gasteiger partial charge in [-0.2, -0.15) is 0 Å². The van der Waals surface area contributed by atoms with Crippen LogP contribution in [0.15, 0.2) is 60.9 Å². The van der Waals surface area contributed by atoms with Gasteiger partial charge in [0, 0.05) is 36.1 Å². The highest BCUT2D eigenvalue weighted by molar-refractivity contribution is 6.31. The van der Waals surface area contributed by atoms with Crippen LogP contribution in [0.25, 0.3) is 11.1 Å². The number of carbonyl (C=O) groups excluding carboxylic acids is 3. The molecule has 1 fully saturated rings. The van der Waals surface area contributed by atoms with Crippen LogP contribution in [0, 0.1) is 0 Å². The molecule has 8 heteroatoms. The Balaban J connectivity index is 1.53. The maximum absolute atomic E-state index is 13.0. The van der Waals surface area contributed by atoms with E-state index in [-0.39, 0.29) is 5.91 Å². The molecule has 2 aliphatic heterocycles. The Labute approximate surface area is 183 Å². The Morgan fingerprint density at radius 2 is 1.81 bits per heavy atom. The Kier molecular flexibility index (Phi) is 4.67. The fourth-order valence-corrected chi connectivity index (χ4v) is 4.22. The van der Waals surface area contributed by atoms with Crippen molar-refractivity contribution in [3.8, 4) is 11.1 Å². The number of fused-ring (bicyclic) bond motifs is 1. The molecule has 0 bridgehead atoms. The number of nitrogens with zero attached hydrogens (tertiary/aromatic N) is 2. The molecule has 2 aliphatic rings. The minimum Gasteiger partial charge on any atom is -0.330 e. The van der Waals surface area contributed by atoms with Crippen LogP contribution in [0.2, 0.25) is 5.02 Å². The number of aromatic nitrogens is 1. The molecular weight excluding hydrogens is 416 g/mol. The van der Waals surface area contributed by atoms with Crippen LogP contribution in [0.4, 0.5) is 4.79 Å². The molecule has 2 aromatic carbocycles. The molecule has 1 unspecified atom stereocenters. The summed E-state index contributed by atoms with van der Waals surface area (Å²) in [6.45, 7) is 0.743. The lowest BCUT2D eigenvalue weighted by atomic mass is 9.95. The number of hydrogen-bond acceptors (Lipinski definition) is 4. The molecule has 1 saturated heterocycles. The van der Waals surface area contributed by atoms with Gasteiger partial charge in [0.1, 0.15) is 6.04 Å². The lowest BCUT2D eigenvalue weighted by molar-refractivity contribution is -0.120. The third-order valence-electron chi connectivity index (χ3n) is 5.55. The van der Waals surface area contributed by atoms with Crippen LogP contribution in [0.1, 0.15) is 33.1 Å². The summed E-state index contributed by atoms with van der Waals surface area (Å²) in [4.78, 5) is 42.7. The van der Waals surface area contributed by atoms with Crippen LogP contribution < -0.4 is 10.6 Å². The molecule has 0 spiro atoms. The van der Waals surface area contributed by atoms with Gasteiger partial charge in [0.15, 0.2) is 0 Å². The normalized spacial score (nSPS) is 17.5. The van der Waals surface area contributed by atoms with E-state index in [2.05, 4.69) is 15.6 Å². The second kappa shape index (κ2) is 7.52. The van der Waals surface area contributed by atoms with Crippen LogP contribution in [0.3, 0.4) is 0 Å². The van der Waals surface area contributed by atoms with Gasteiger partial charge in [-0.05, 0) is 58.1 Å². The Hall–Kier alpha value is -3.71. The van der Waals surface area contributed by atoms with E-state index in [1.165, 1.54) is 0 Å². The highest BCUT2D eigenvalue weighted by atomic mass is 35.5. The molecule has 3 aromatic rings. The Bertz CT molecular complexity index is 1230. The summed E-state index contributed by atoms with van der Waals surface area (Å²) in [6, 6.07) is 13.4. The number of pyridine rings is 1. The first-order chi connectivity index (χ1) is 15.0. The standard InChI is InChI=1S/C23H17ClN4O3/c24-17-3-1-15-11-28(22(30)19(15)10-17)12-16-9-14(13-5-7-25-8-6-13)2-4-18(16)20-21(29)27-23(31)26-20/h1-10,20H,11-12H2,(H2,26,27,29,31). The molecule has 3 heterocycles. The first kappa shape index (κ1) is 19.3. The van der Waals surface area contributed by atoms with Gasteiger partial charge in [0.2, 0.25) is 0 Å². The molecule has 31 heavy (non-hydrogen) atoms. The van der Waals surface area contributed by atoms with Crippen LogP contribution in [0.5, 0.6) is 0 Å². The highest BCUT2D eigenvalue weighted by Crippen LogP contribution is 2.31. The van der Waals surface area contributed by atoms with E-state index < -0.39 is 18.0 Å². The summed E-state index contributed by atoms with van der Waals surface area (Å²) in [5.74, 6) is -0.525. The summed E-state index contributed by atoms with van der Waals surface area (Å²) < 4.78 is 0. The molecule has 0 aliphatic carbocycles. The largest absolute Gasteiger partial charge is 0.330 e. The lowest BCUT2D eigenvalue weighted by Crippen LogP contribution is -2.26. The Morgan fingerprint density at radius 3 is 2.55 bits per heavy atom. The van der Waals surface area contributed by atoms with Gasteiger partial charge in [0.25, 0.3) is 11.8 Å². The zero-order chi connectivity index (χ0) is 21.5. The topological polar surface area (TPSA) is 91.4 Å². The quantitative estimate of drug-likeness (QED) is 0.618. The summed E-state index contributed by atoms with van der Waals surface area (Å²) in [7, 11) is 0. The van der Waals surface area contributed by atoms with E-state index in [0.29, 0.717) is 29.2 Å². The first-order valence-corrected chi connectivity index (χ1v) is 10.1. The van der Waals surface area contributed by atoms with Crippen molar-refractivity contribution in [3.05, 3.63) is 88.2 Å². The number of carbonyl (C=O) groups is 3. The molecule has 0 radical (unpaired) electrons. The minimum absolute atomic E-state index is 0.113. The summed E-state index contributed by atoms with van der Waals surface area (Å²) >= 11 is 6.07. The number of hydrogen-bond donors (Lipinski definition) is 2. The Morgan fingerprint density at radius 1 is 1.00 bits per heavy atom. The van der Waals surface area contributed by atoms with Crippen molar-refractivity contribution in [3.63, 3.8) is 0 Å². The van der Waals surface area contributed by atoms with E-state index in [1.54, 1.807) is 29.4 Å². The molecule has 0 saturated carbocycles. The molecule has 2 N–H and O–H groups in total. The van der Waals surface area contributed by atoms with Crippen LogP contribution in [-0.2, 0) is 17.9 Å². The van der Waals surface area contributed by atoms with E-state index in [1.807, 2.05) is 36.4 Å². The lowest BCUT2D eigenvalue weighted by Gasteiger charge is -2.21. The highest BCUT2D eigenvalue weighted by Gasteiger charge is 2.34. The van der Waals surface area contributed by atoms with Crippen molar-refractivity contribution in [2.24, 2.45) is 0 Å². The number of halogens is 1. The molecule has 1 atom stereocenters. The number of benzene rings is 2. The van der Waals surface area contributed by atoms with Gasteiger partial charge in [-0.3, -0.25) is 19.9 Å². The zero-order valence-corrected chi connectivity index (χ0v) is 17.0. The second-order valence-corrected chi connectivity index (χ2v) is 7.94. The van der Waals surface area contributed by atoms with E-state index in [4.69, 9.17) is 11.6 Å². The first-order valence-electron chi connectivity index (χ1n) is 9.72. The molecule has 7 nitrogen and oxygen atoms in total. The number of nitrogens with one attached hydrogen (secondary N) is 2. The van der Waals surface area contributed by atoms with Crippen LogP contribution >= 0.6 is 11.6 Å². The van der Waals surface area contributed by atoms with Gasteiger partial charge in [0.05, 0.1) is 0 Å². The van der Waals surface area contributed by atoms with Gasteiger partial charge in [-0.1, -0.05) is 29.8 Å². The van der Waals surface area contributed by atoms with Gasteiger partial charge < -0.3 is 10.2 Å². The predicted molar refractivity (Wildman–Crippen MR) is 114 cm³/mol. The number of urea groups is 1. The summed E-state index contributed by atoms with van der Waals surface area (Å²) in [5.41, 5.74) is 4.83. The van der Waals surface area contributed by atoms with Crippen molar-refractivity contribution < 1.29 is 14.4 Å². The van der Waals surface area contributed by atoms with Crippen molar-refractivity contribution in [2.45, 2.75) is 19.1 Å². The third kappa shape index (κ3) is 3.53. The summed E-state index contributed by atoms with van der Waals surface area (Å²) in [5, 5.41) is 5.43. The summed E-state index contributed by atoms with van der Waals surface area (Å²) in [6.07, 6.45) is 3.41. The van der Waals surface area contributed by atoms with Gasteiger partial charge in [-0.15, -0.1) is 0 Å². The van der Waals surface area contributed by atoms with E-state index in [9.17, 15) is 14.4 Å². The number of imide groups is 1. The fourth-order valence-electron chi connectivity index (χ4n) is 4.05. The van der Waals surface area contributed by atoms with Crippen LogP contribution in [-0.4, -0.2) is 27.7 Å². The van der Waals surface area contributed by atoms with Gasteiger partial charge >= 0.3 is 6.03 Å². The van der Waals surface area contributed by atoms with Crippen molar-refractivity contribution >= 4 is 29.4 Å². The maximum Gasteiger partial charge on any atom is 0.322 e. The van der Waals surface area contributed by atoms with E-state index in [0.717, 1.165) is 22.3 Å². The third-order valence-corrected chi connectivity index (χ3v) is 5.79. The zero-order valence-electron chi connectivity index (χ0n) is 16.3. The molecule has 4 amide bonds. The van der Waals surface area contributed by atoms with E-state index >= 15 is 0 Å². The number of amides is 4. The van der Waals surface area contributed by atoms with Crippen molar-refractivity contribution in [2.75, 3.05) is 0 Å². The monoisotopic (exact) mass is 432 g/mol. The minimum atomic E-state index is -0.802. The SMILES string of the molecule is O=C1NC(=O)C(c2ccc(-c3ccncc3)cc2CN2Cc3ccc(Cl)cc3C2=O)N1. The van der Waals surface area contributed by atoms with Gasteiger partial charge in [-0.25, -0.2) is 4.79 Å². The fraction of sp³-hybridized carbons (Fsp3) is 0.130. The average Bonchev–Trinajstić information content (AvgIpc) is 3.27. The average molecular weight is 433 g/mol. The van der Waals surface area contributed by atoms with Crippen molar-refractivity contribution in [1.82, 2.24) is 20.5 Å². The smallest absolute Gasteiger partial charge is 0.322 e. The molecule has 5 rings (SSSR count). The molecular formula is C23H17ClN4O3.